The van der Waals surface area contributed by atoms with Gasteiger partial charge in [0.2, 0.25) is 16.0 Å². The van der Waals surface area contributed by atoms with Gasteiger partial charge >= 0.3 is 0 Å². The minimum atomic E-state index is -3.12. The van der Waals surface area contributed by atoms with E-state index in [0.29, 0.717) is 30.5 Å². The number of hydrogen-bond donors (Lipinski definition) is 1. The minimum absolute atomic E-state index is 0.180. The fraction of sp³-hybridized carbons (Fsp3) is 0.636. The van der Waals surface area contributed by atoms with Crippen molar-refractivity contribution in [2.45, 2.75) is 64.0 Å². The minimum Gasteiger partial charge on any atom is -0.351 e. The maximum atomic E-state index is 11.8. The zero-order valence-electron chi connectivity index (χ0n) is 17.9. The van der Waals surface area contributed by atoms with E-state index in [-0.39, 0.29) is 6.04 Å². The highest BCUT2D eigenvalue weighted by Gasteiger charge is 2.55. The smallest absolute Gasteiger partial charge is 0.224 e. The molecule has 1 atom stereocenters. The van der Waals surface area contributed by atoms with Crippen LogP contribution in [0.1, 0.15) is 57.4 Å². The Morgan fingerprint density at radius 1 is 1.20 bits per heavy atom. The maximum absolute atomic E-state index is 11.8. The van der Waals surface area contributed by atoms with Crippen molar-refractivity contribution in [1.29, 1.82) is 0 Å². The lowest BCUT2D eigenvalue weighted by Gasteiger charge is -2.39. The third-order valence-corrected chi connectivity index (χ3v) is 8.76. The molecule has 30 heavy (non-hydrogen) atoms. The van der Waals surface area contributed by atoms with Crippen LogP contribution in [0, 0.1) is 5.41 Å². The third-order valence-electron chi connectivity index (χ3n) is 7.46. The van der Waals surface area contributed by atoms with Crippen molar-refractivity contribution in [1.82, 2.24) is 14.3 Å². The van der Waals surface area contributed by atoms with E-state index in [1.807, 2.05) is 6.20 Å². The number of rotatable bonds is 4. The molecular weight excluding hydrogens is 398 g/mol. The van der Waals surface area contributed by atoms with Crippen LogP contribution in [0.25, 0.3) is 6.08 Å². The number of nitrogens with one attached hydrogen (secondary N) is 1. The van der Waals surface area contributed by atoms with Gasteiger partial charge in [-0.15, -0.1) is 0 Å². The molecule has 3 fully saturated rings. The number of hydrogen-bond acceptors (Lipinski definition) is 6. The first kappa shape index (κ1) is 20.0. The molecule has 2 aliphatic carbocycles. The van der Waals surface area contributed by atoms with Crippen molar-refractivity contribution in [3.8, 4) is 0 Å². The second-order valence-corrected chi connectivity index (χ2v) is 11.5. The van der Waals surface area contributed by atoms with Gasteiger partial charge in [-0.1, -0.05) is 13.0 Å². The predicted octanol–water partition coefficient (Wildman–Crippen LogP) is 3.38. The average Bonchev–Trinajstić information content (AvgIpc) is 3.36. The summed E-state index contributed by atoms with van der Waals surface area (Å²) in [7, 11) is -3.12. The van der Waals surface area contributed by atoms with Crippen LogP contribution in [0.4, 0.5) is 11.8 Å². The lowest BCUT2D eigenvalue weighted by atomic mass is 9.95. The average molecular weight is 430 g/mol. The molecule has 1 saturated heterocycles. The van der Waals surface area contributed by atoms with Crippen LogP contribution >= 0.6 is 0 Å². The van der Waals surface area contributed by atoms with Gasteiger partial charge in [-0.3, -0.25) is 0 Å². The molecule has 0 radical (unpaired) electrons. The zero-order chi connectivity index (χ0) is 21.1. The van der Waals surface area contributed by atoms with Crippen molar-refractivity contribution in [2.75, 3.05) is 29.6 Å². The van der Waals surface area contributed by atoms with E-state index < -0.39 is 10.0 Å². The van der Waals surface area contributed by atoms with Crippen LogP contribution in [0.3, 0.4) is 0 Å². The topological polar surface area (TPSA) is 78.4 Å². The highest BCUT2D eigenvalue weighted by atomic mass is 32.2. The summed E-state index contributed by atoms with van der Waals surface area (Å²) in [6.45, 7) is 7.60. The molecule has 8 heteroatoms. The Hall–Kier alpha value is -1.93. The highest BCUT2D eigenvalue weighted by molar-refractivity contribution is 7.88. The van der Waals surface area contributed by atoms with Crippen LogP contribution in [0.2, 0.25) is 0 Å². The van der Waals surface area contributed by atoms with E-state index in [1.54, 1.807) is 4.31 Å². The first-order valence-corrected chi connectivity index (χ1v) is 12.9. The number of nitrogens with zero attached hydrogens (tertiary/aromatic N) is 4. The van der Waals surface area contributed by atoms with Crippen LogP contribution in [0.5, 0.6) is 0 Å². The first-order valence-electron chi connectivity index (χ1n) is 11.0. The highest BCUT2D eigenvalue weighted by Crippen LogP contribution is 2.61. The monoisotopic (exact) mass is 429 g/mol. The molecule has 1 spiro atoms. The molecule has 5 rings (SSSR count). The molecule has 3 heterocycles. The summed E-state index contributed by atoms with van der Waals surface area (Å²) in [5, 5.41) is 3.46. The standard InChI is InChI=1S/C22H31N5O2S/c1-15-13-17-14-23-21(24-18-6-11-26(12-7-18)30(3,28)29)25-20(17)27(16(15)2)19-5-4-8-22(19)9-10-22/h13-14,18-19H,2,4-12H2,1,3H3,(H,23,24,25). The molecular formula is C22H31N5O2S. The van der Waals surface area contributed by atoms with Crippen LogP contribution in [-0.2, 0) is 10.0 Å². The van der Waals surface area contributed by atoms with Crippen LogP contribution < -0.4 is 10.2 Å². The molecule has 2 aliphatic heterocycles. The summed E-state index contributed by atoms with van der Waals surface area (Å²) < 4.78 is 25.0. The van der Waals surface area contributed by atoms with Gasteiger partial charge < -0.3 is 10.2 Å². The number of sulfonamides is 1. The Morgan fingerprint density at radius 3 is 2.60 bits per heavy atom. The van der Waals surface area contributed by atoms with Crippen LogP contribution in [0.15, 0.2) is 24.0 Å². The Kier molecular flexibility index (Phi) is 4.70. The summed E-state index contributed by atoms with van der Waals surface area (Å²) >= 11 is 0. The van der Waals surface area contributed by atoms with Crippen molar-refractivity contribution >= 4 is 27.9 Å². The van der Waals surface area contributed by atoms with E-state index in [2.05, 4.69) is 34.8 Å². The molecule has 0 aromatic carbocycles. The van der Waals surface area contributed by atoms with Gasteiger partial charge in [0.25, 0.3) is 0 Å². The van der Waals surface area contributed by atoms with Gasteiger partial charge in [-0.05, 0) is 62.5 Å². The molecule has 0 amide bonds. The molecule has 162 valence electrons. The summed E-state index contributed by atoms with van der Waals surface area (Å²) in [5.41, 5.74) is 3.75. The second-order valence-electron chi connectivity index (χ2n) is 9.47. The summed E-state index contributed by atoms with van der Waals surface area (Å²) in [6.07, 6.45) is 13.3. The van der Waals surface area contributed by atoms with Crippen LogP contribution in [-0.4, -0.2) is 54.1 Å². The van der Waals surface area contributed by atoms with E-state index in [0.717, 1.165) is 29.9 Å². The van der Waals surface area contributed by atoms with E-state index in [4.69, 9.17) is 4.98 Å². The SMILES string of the molecule is C=C1C(C)=Cc2cnc(NC3CCN(S(C)(=O)=O)CC3)nc2N1C1CCCC12CC2. The summed E-state index contributed by atoms with van der Waals surface area (Å²) in [4.78, 5) is 11.9. The van der Waals surface area contributed by atoms with Gasteiger partial charge in [0, 0.05) is 42.6 Å². The van der Waals surface area contributed by atoms with Gasteiger partial charge in [-0.25, -0.2) is 17.7 Å². The van der Waals surface area contributed by atoms with E-state index in [9.17, 15) is 8.42 Å². The Balaban J connectivity index is 1.38. The van der Waals surface area contributed by atoms with Crippen molar-refractivity contribution in [3.05, 3.63) is 29.6 Å². The van der Waals surface area contributed by atoms with Crippen molar-refractivity contribution < 1.29 is 8.42 Å². The van der Waals surface area contributed by atoms with Crippen molar-refractivity contribution in [2.24, 2.45) is 5.41 Å². The van der Waals surface area contributed by atoms with Crippen molar-refractivity contribution in [3.63, 3.8) is 0 Å². The van der Waals surface area contributed by atoms with E-state index >= 15 is 0 Å². The largest absolute Gasteiger partial charge is 0.351 e. The molecule has 1 unspecified atom stereocenters. The number of allylic oxidation sites excluding steroid dienone is 1. The fourth-order valence-electron chi connectivity index (χ4n) is 5.50. The number of anilines is 2. The molecule has 1 aromatic heterocycles. The molecule has 2 saturated carbocycles. The molecule has 1 N–H and O–H groups in total. The third kappa shape index (κ3) is 3.43. The Labute approximate surface area is 179 Å². The summed E-state index contributed by atoms with van der Waals surface area (Å²) in [6, 6.07) is 0.660. The maximum Gasteiger partial charge on any atom is 0.224 e. The zero-order valence-corrected chi connectivity index (χ0v) is 18.7. The Bertz CT molecular complexity index is 1010. The lowest BCUT2D eigenvalue weighted by molar-refractivity contribution is 0.331. The molecule has 7 nitrogen and oxygen atoms in total. The fourth-order valence-corrected chi connectivity index (χ4v) is 6.37. The normalized spacial score (nSPS) is 26.6. The number of aromatic nitrogens is 2. The number of piperidine rings is 1. The molecule has 4 aliphatic rings. The van der Waals surface area contributed by atoms with Gasteiger partial charge in [0.15, 0.2) is 0 Å². The Morgan fingerprint density at radius 2 is 1.93 bits per heavy atom. The van der Waals surface area contributed by atoms with Gasteiger partial charge in [0.05, 0.1) is 6.26 Å². The first-order chi connectivity index (χ1) is 14.3. The molecule has 1 aromatic rings. The van der Waals surface area contributed by atoms with Gasteiger partial charge in [-0.2, -0.15) is 4.98 Å². The second kappa shape index (κ2) is 7.05. The summed E-state index contributed by atoms with van der Waals surface area (Å²) in [5.74, 6) is 1.59. The predicted molar refractivity (Wildman–Crippen MR) is 120 cm³/mol. The van der Waals surface area contributed by atoms with Gasteiger partial charge in [0.1, 0.15) is 5.82 Å². The van der Waals surface area contributed by atoms with E-state index in [1.165, 1.54) is 43.9 Å². The lowest BCUT2D eigenvalue weighted by Crippen LogP contribution is -2.42. The quantitative estimate of drug-likeness (QED) is 0.791. The number of fused-ring (bicyclic) bond motifs is 1. The molecule has 0 bridgehead atoms.